The molecule has 0 spiro atoms. The molecule has 14 heteroatoms. The minimum atomic E-state index is -3.67. The number of carbonyl (C=O) groups is 1. The topological polar surface area (TPSA) is 177 Å². The van der Waals surface area contributed by atoms with E-state index in [4.69, 9.17) is 15.1 Å². The summed E-state index contributed by atoms with van der Waals surface area (Å²) in [6.07, 6.45) is 3.74. The van der Waals surface area contributed by atoms with Crippen LogP contribution in [0.15, 0.2) is 22.2 Å². The minimum absolute atomic E-state index is 0.0339. The molecule has 0 radical (unpaired) electrons. The Morgan fingerprint density at radius 3 is 2.58 bits per heavy atom. The van der Waals surface area contributed by atoms with Crippen LogP contribution in [-0.2, 0) is 15.0 Å². The molecule has 33 heavy (non-hydrogen) atoms. The maximum atomic E-state index is 14.9. The molecule has 0 aromatic carbocycles. The molecule has 3 heterocycles. The number of halogens is 1. The van der Waals surface area contributed by atoms with Gasteiger partial charge in [-0.1, -0.05) is 5.16 Å². The van der Waals surface area contributed by atoms with Gasteiger partial charge in [0.25, 0.3) is 10.1 Å². The Kier molecular flexibility index (Phi) is 7.00. The van der Waals surface area contributed by atoms with Crippen molar-refractivity contribution in [3.63, 3.8) is 0 Å². The van der Waals surface area contributed by atoms with Gasteiger partial charge in [0.15, 0.2) is 11.6 Å². The quantitative estimate of drug-likeness (QED) is 0.398. The van der Waals surface area contributed by atoms with E-state index >= 15 is 0 Å². The van der Waals surface area contributed by atoms with Crippen molar-refractivity contribution in [1.29, 1.82) is 0 Å². The van der Waals surface area contributed by atoms with Crippen molar-refractivity contribution < 1.29 is 32.1 Å². The minimum Gasteiger partial charge on any atom is -0.477 e. The van der Waals surface area contributed by atoms with Crippen LogP contribution in [0.3, 0.4) is 0 Å². The number of aromatic carboxylic acids is 1. The third-order valence-corrected chi connectivity index (χ3v) is 5.17. The van der Waals surface area contributed by atoms with Crippen LogP contribution in [0.25, 0.3) is 11.0 Å². The zero-order valence-corrected chi connectivity index (χ0v) is 18.7. The summed E-state index contributed by atoms with van der Waals surface area (Å²) in [6.45, 7) is 1.07. The average molecular weight is 485 g/mol. The Morgan fingerprint density at radius 2 is 2.06 bits per heavy atom. The van der Waals surface area contributed by atoms with Gasteiger partial charge in [0.2, 0.25) is 5.43 Å². The predicted octanol–water partition coefficient (Wildman–Crippen LogP) is 0.470. The summed E-state index contributed by atoms with van der Waals surface area (Å²) in [6, 6.07) is 1.14. The number of hydrogen-bond acceptors (Lipinski definition) is 9. The highest BCUT2D eigenvalue weighted by molar-refractivity contribution is 7.85. The third kappa shape index (κ3) is 5.64. The lowest BCUT2D eigenvalue weighted by molar-refractivity contribution is 0.0694. The van der Waals surface area contributed by atoms with Gasteiger partial charge in [0.1, 0.15) is 18.3 Å². The highest BCUT2D eigenvalue weighted by atomic mass is 32.2. The Balaban J connectivity index is 0.000000555. The highest BCUT2D eigenvalue weighted by Crippen LogP contribution is 2.37. The maximum Gasteiger partial charge on any atom is 0.341 e. The van der Waals surface area contributed by atoms with E-state index in [9.17, 15) is 27.5 Å². The molecule has 4 N–H and O–H groups in total. The molecule has 1 atom stereocenters. The summed E-state index contributed by atoms with van der Waals surface area (Å²) in [4.78, 5) is 34.9. The second kappa shape index (κ2) is 9.41. The van der Waals surface area contributed by atoms with Gasteiger partial charge in [0.05, 0.1) is 23.9 Å². The molecule has 0 amide bonds. The Labute approximate surface area is 188 Å². The first-order chi connectivity index (χ1) is 15.4. The van der Waals surface area contributed by atoms with Gasteiger partial charge in [-0.05, 0) is 18.9 Å². The number of pyridine rings is 2. The second-order valence-corrected chi connectivity index (χ2v) is 9.26. The Bertz CT molecular complexity index is 1270. The lowest BCUT2D eigenvalue weighted by Gasteiger charge is -2.19. The van der Waals surface area contributed by atoms with E-state index in [1.54, 1.807) is 9.47 Å². The number of fused-ring (bicyclic) bond motifs is 1. The summed E-state index contributed by atoms with van der Waals surface area (Å²) in [5, 5.41) is 13.2. The van der Waals surface area contributed by atoms with E-state index < -0.39 is 27.3 Å². The van der Waals surface area contributed by atoms with Gasteiger partial charge in [-0.15, -0.1) is 0 Å². The molecule has 1 aliphatic heterocycles. The molecular weight excluding hydrogens is 461 g/mol. The fourth-order valence-electron chi connectivity index (χ4n) is 3.60. The molecule has 2 aromatic heterocycles. The number of nitrogens with zero attached hydrogens (tertiary/aromatic N) is 4. The molecule has 12 nitrogen and oxygen atoms in total. The van der Waals surface area contributed by atoms with E-state index in [0.717, 1.165) is 18.9 Å². The summed E-state index contributed by atoms with van der Waals surface area (Å²) in [5.41, 5.74) is 5.65. The SMILES string of the molecule is CO/N=C1\CN(c2nc3c(cc2F)c(=O)c(C(=O)O)cn3C2CC2)C[C@@H]1CN.CS(=O)(=O)O. The van der Waals surface area contributed by atoms with Gasteiger partial charge in [-0.3, -0.25) is 9.35 Å². The lowest BCUT2D eigenvalue weighted by atomic mass is 10.1. The third-order valence-electron chi connectivity index (χ3n) is 5.17. The predicted molar refractivity (Wildman–Crippen MR) is 118 cm³/mol. The van der Waals surface area contributed by atoms with Crippen LogP contribution in [0, 0.1) is 11.7 Å². The van der Waals surface area contributed by atoms with E-state index in [0.29, 0.717) is 31.6 Å². The molecule has 0 unspecified atom stereocenters. The van der Waals surface area contributed by atoms with Gasteiger partial charge >= 0.3 is 5.97 Å². The number of rotatable bonds is 5. The van der Waals surface area contributed by atoms with Gasteiger partial charge in [-0.25, -0.2) is 14.2 Å². The summed E-state index contributed by atoms with van der Waals surface area (Å²) in [7, 11) is -2.23. The number of oxime groups is 1. The number of aromatic nitrogens is 2. The largest absolute Gasteiger partial charge is 0.477 e. The van der Waals surface area contributed by atoms with E-state index in [-0.39, 0.29) is 34.4 Å². The van der Waals surface area contributed by atoms with Crippen molar-refractivity contribution in [3.8, 4) is 0 Å². The van der Waals surface area contributed by atoms with Crippen LogP contribution in [0.5, 0.6) is 0 Å². The van der Waals surface area contributed by atoms with Crippen LogP contribution in [0.1, 0.15) is 29.2 Å². The van der Waals surface area contributed by atoms with Gasteiger partial charge < -0.3 is 25.1 Å². The van der Waals surface area contributed by atoms with E-state index in [2.05, 4.69) is 10.1 Å². The first kappa shape index (κ1) is 24.5. The average Bonchev–Trinajstić information content (AvgIpc) is 3.47. The zero-order valence-electron chi connectivity index (χ0n) is 17.9. The molecule has 1 saturated heterocycles. The van der Waals surface area contributed by atoms with Crippen LogP contribution in [-0.4, -0.2) is 72.3 Å². The number of anilines is 1. The van der Waals surface area contributed by atoms with Crippen LogP contribution < -0.4 is 16.1 Å². The van der Waals surface area contributed by atoms with Crippen molar-refractivity contribution >= 4 is 38.7 Å². The maximum absolute atomic E-state index is 14.9. The zero-order chi connectivity index (χ0) is 24.5. The molecule has 180 valence electrons. The number of hydrogen-bond donors (Lipinski definition) is 3. The summed E-state index contributed by atoms with van der Waals surface area (Å²) in [5.74, 6) is -2.03. The van der Waals surface area contributed by atoms with Crippen molar-refractivity contribution in [3.05, 3.63) is 33.9 Å². The van der Waals surface area contributed by atoms with Crippen molar-refractivity contribution in [2.24, 2.45) is 16.8 Å². The molecular formula is C19H24FN5O7S. The first-order valence-corrected chi connectivity index (χ1v) is 11.8. The van der Waals surface area contributed by atoms with Crippen LogP contribution in [0.2, 0.25) is 0 Å². The second-order valence-electron chi connectivity index (χ2n) is 7.79. The van der Waals surface area contributed by atoms with E-state index in [1.807, 2.05) is 0 Å². The monoisotopic (exact) mass is 485 g/mol. The molecule has 2 aliphatic rings. The lowest BCUT2D eigenvalue weighted by Crippen LogP contribution is -2.26. The number of carboxylic acids is 1. The van der Waals surface area contributed by atoms with Gasteiger partial charge in [0, 0.05) is 31.2 Å². The summed E-state index contributed by atoms with van der Waals surface area (Å²) < 4.78 is 42.4. The molecule has 1 saturated carbocycles. The normalized spacial score (nSPS) is 19.5. The van der Waals surface area contributed by atoms with Crippen molar-refractivity contribution in [2.75, 3.05) is 37.9 Å². The Morgan fingerprint density at radius 1 is 1.42 bits per heavy atom. The fraction of sp³-hybridized carbons (Fsp3) is 0.474. The fourth-order valence-corrected chi connectivity index (χ4v) is 3.60. The summed E-state index contributed by atoms with van der Waals surface area (Å²) >= 11 is 0. The molecule has 0 bridgehead atoms. The van der Waals surface area contributed by atoms with Crippen molar-refractivity contribution in [1.82, 2.24) is 9.55 Å². The number of carboxylic acid groups (broad SMARTS) is 1. The van der Waals surface area contributed by atoms with Crippen molar-refractivity contribution in [2.45, 2.75) is 18.9 Å². The standard InChI is InChI=1S/C18H20FN5O4.CH4O3S/c1-28-22-14-8-23(6-9(14)5-20)17-13(19)4-11-15(25)12(18(26)27)7-24(10-2-3-10)16(11)21-17;1-5(2,3)4/h4,7,9-10H,2-3,5-6,8,20H2,1H3,(H,26,27);1H3,(H,2,3,4)/b22-14+;/t9-;/m0./s1. The van der Waals surface area contributed by atoms with Crippen LogP contribution >= 0.6 is 0 Å². The molecule has 2 aromatic rings. The van der Waals surface area contributed by atoms with Gasteiger partial charge in [-0.2, -0.15) is 8.42 Å². The Hall–Kier alpha value is -3.10. The van der Waals surface area contributed by atoms with Crippen LogP contribution in [0.4, 0.5) is 10.2 Å². The molecule has 1 aliphatic carbocycles. The molecule has 4 rings (SSSR count). The molecule has 2 fully saturated rings. The highest BCUT2D eigenvalue weighted by Gasteiger charge is 2.33. The first-order valence-electron chi connectivity index (χ1n) is 9.90. The van der Waals surface area contributed by atoms with E-state index in [1.165, 1.54) is 13.3 Å². The smallest absolute Gasteiger partial charge is 0.341 e. The number of nitrogens with two attached hydrogens (primary N) is 1.